The second-order valence-electron chi connectivity index (χ2n) is 4.98. The van der Waals surface area contributed by atoms with Crippen LogP contribution >= 0.6 is 11.3 Å². The maximum atomic E-state index is 14.4. The standard InChI is InChI=1S/C15H16FNO4S/c1-7-6-17-14(22-7)11-4-10(21-9(3)8(2)18)5-12(13(11)16)15(19)20/h4-6,8-9,18H,1-3H3,(H,19,20). The van der Waals surface area contributed by atoms with Crippen LogP contribution < -0.4 is 4.74 Å². The molecule has 1 heterocycles. The first-order valence-electron chi connectivity index (χ1n) is 6.64. The van der Waals surface area contributed by atoms with E-state index in [9.17, 15) is 14.3 Å². The number of benzene rings is 1. The Labute approximate surface area is 131 Å². The van der Waals surface area contributed by atoms with Crippen LogP contribution in [0.4, 0.5) is 4.39 Å². The zero-order valence-corrected chi connectivity index (χ0v) is 13.1. The Morgan fingerprint density at radius 2 is 2.09 bits per heavy atom. The smallest absolute Gasteiger partial charge is 0.338 e. The minimum Gasteiger partial charge on any atom is -0.488 e. The molecule has 2 atom stereocenters. The van der Waals surface area contributed by atoms with E-state index in [4.69, 9.17) is 9.84 Å². The van der Waals surface area contributed by atoms with Gasteiger partial charge >= 0.3 is 5.97 Å². The predicted molar refractivity (Wildman–Crippen MR) is 81.0 cm³/mol. The minimum atomic E-state index is -1.39. The van der Waals surface area contributed by atoms with Crippen molar-refractivity contribution in [2.24, 2.45) is 0 Å². The summed E-state index contributed by atoms with van der Waals surface area (Å²) in [4.78, 5) is 16.2. The molecule has 0 radical (unpaired) electrons. The van der Waals surface area contributed by atoms with Gasteiger partial charge in [0.25, 0.3) is 0 Å². The molecular formula is C15H16FNO4S. The number of carboxylic acids is 1. The van der Waals surface area contributed by atoms with Crippen molar-refractivity contribution >= 4 is 17.3 Å². The van der Waals surface area contributed by atoms with Crippen LogP contribution in [0.1, 0.15) is 29.1 Å². The molecule has 2 aromatic rings. The topological polar surface area (TPSA) is 79.7 Å². The van der Waals surface area contributed by atoms with Gasteiger partial charge in [-0.25, -0.2) is 14.2 Å². The molecule has 0 bridgehead atoms. The Morgan fingerprint density at radius 1 is 1.41 bits per heavy atom. The third kappa shape index (κ3) is 3.42. The highest BCUT2D eigenvalue weighted by Crippen LogP contribution is 2.33. The third-order valence-corrected chi connectivity index (χ3v) is 4.08. The van der Waals surface area contributed by atoms with Crippen LogP contribution in [0.2, 0.25) is 0 Å². The summed E-state index contributed by atoms with van der Waals surface area (Å²) in [5.74, 6) is -2.06. The highest BCUT2D eigenvalue weighted by Gasteiger charge is 2.21. The average molecular weight is 325 g/mol. The van der Waals surface area contributed by atoms with E-state index < -0.39 is 29.6 Å². The lowest BCUT2D eigenvalue weighted by atomic mass is 10.1. The highest BCUT2D eigenvalue weighted by atomic mass is 32.1. The van der Waals surface area contributed by atoms with E-state index in [1.165, 1.54) is 17.4 Å². The summed E-state index contributed by atoms with van der Waals surface area (Å²) in [5, 5.41) is 19.0. The highest BCUT2D eigenvalue weighted by molar-refractivity contribution is 7.14. The predicted octanol–water partition coefficient (Wildman–Crippen LogP) is 3.10. The van der Waals surface area contributed by atoms with Crippen molar-refractivity contribution in [1.29, 1.82) is 0 Å². The van der Waals surface area contributed by atoms with E-state index in [1.807, 2.05) is 6.92 Å². The van der Waals surface area contributed by atoms with Gasteiger partial charge in [0, 0.05) is 11.1 Å². The molecule has 0 saturated carbocycles. The van der Waals surface area contributed by atoms with Gasteiger partial charge in [-0.3, -0.25) is 0 Å². The zero-order chi connectivity index (χ0) is 16.4. The number of aromatic nitrogens is 1. The van der Waals surface area contributed by atoms with Crippen LogP contribution in [-0.2, 0) is 0 Å². The van der Waals surface area contributed by atoms with Crippen LogP contribution in [0, 0.1) is 12.7 Å². The Morgan fingerprint density at radius 3 is 2.59 bits per heavy atom. The molecule has 0 fully saturated rings. The van der Waals surface area contributed by atoms with E-state index in [1.54, 1.807) is 20.0 Å². The molecule has 2 rings (SSSR count). The molecule has 7 heteroatoms. The Kier molecular flexibility index (Phi) is 4.77. The summed E-state index contributed by atoms with van der Waals surface area (Å²) in [5.41, 5.74) is -0.413. The maximum absolute atomic E-state index is 14.4. The molecule has 0 aliphatic heterocycles. The molecule has 5 nitrogen and oxygen atoms in total. The van der Waals surface area contributed by atoms with Crippen LogP contribution in [0.5, 0.6) is 5.75 Å². The largest absolute Gasteiger partial charge is 0.488 e. The molecule has 1 aromatic heterocycles. The number of rotatable bonds is 5. The Hall–Kier alpha value is -1.99. The van der Waals surface area contributed by atoms with Gasteiger partial charge < -0.3 is 14.9 Å². The fraction of sp³-hybridized carbons (Fsp3) is 0.333. The SMILES string of the molecule is Cc1cnc(-c2cc(OC(C)C(C)O)cc(C(=O)O)c2F)s1. The summed E-state index contributed by atoms with van der Waals surface area (Å²) >= 11 is 1.26. The lowest BCUT2D eigenvalue weighted by Gasteiger charge is -2.18. The maximum Gasteiger partial charge on any atom is 0.338 e. The summed E-state index contributed by atoms with van der Waals surface area (Å²) in [6, 6.07) is 2.51. The van der Waals surface area contributed by atoms with Crippen LogP contribution in [0.25, 0.3) is 10.6 Å². The number of thiazole rings is 1. The first-order valence-corrected chi connectivity index (χ1v) is 7.45. The van der Waals surface area contributed by atoms with Crippen molar-refractivity contribution in [2.45, 2.75) is 33.0 Å². The number of hydrogen-bond acceptors (Lipinski definition) is 5. The molecule has 0 aliphatic carbocycles. The van der Waals surface area contributed by atoms with Gasteiger partial charge in [0.15, 0.2) is 0 Å². The van der Waals surface area contributed by atoms with Gasteiger partial charge in [-0.2, -0.15) is 0 Å². The van der Waals surface area contributed by atoms with Gasteiger partial charge in [-0.1, -0.05) is 0 Å². The summed E-state index contributed by atoms with van der Waals surface area (Å²) < 4.78 is 19.9. The van der Waals surface area contributed by atoms with Gasteiger partial charge in [-0.15, -0.1) is 11.3 Å². The van der Waals surface area contributed by atoms with Crippen molar-refractivity contribution in [1.82, 2.24) is 4.98 Å². The first-order chi connectivity index (χ1) is 10.3. The molecular weight excluding hydrogens is 309 g/mol. The summed E-state index contributed by atoms with van der Waals surface area (Å²) in [7, 11) is 0. The number of carbonyl (C=O) groups is 1. The molecule has 22 heavy (non-hydrogen) atoms. The van der Waals surface area contributed by atoms with Gasteiger partial charge in [0.1, 0.15) is 22.7 Å². The van der Waals surface area contributed by atoms with Crippen LogP contribution in [0.3, 0.4) is 0 Å². The number of aryl methyl sites for hydroxylation is 1. The van der Waals surface area contributed by atoms with E-state index in [0.717, 1.165) is 10.9 Å². The number of halogens is 1. The summed E-state index contributed by atoms with van der Waals surface area (Å²) in [6.45, 7) is 5.02. The second kappa shape index (κ2) is 6.41. The molecule has 1 aromatic carbocycles. The van der Waals surface area contributed by atoms with Gasteiger partial charge in [-0.05, 0) is 32.9 Å². The van der Waals surface area contributed by atoms with E-state index in [0.29, 0.717) is 5.01 Å². The second-order valence-corrected chi connectivity index (χ2v) is 6.21. The van der Waals surface area contributed by atoms with E-state index >= 15 is 0 Å². The van der Waals surface area contributed by atoms with Crippen molar-refractivity contribution in [3.63, 3.8) is 0 Å². The number of aliphatic hydroxyl groups excluding tert-OH is 1. The molecule has 0 saturated heterocycles. The quantitative estimate of drug-likeness (QED) is 0.883. The van der Waals surface area contributed by atoms with Crippen molar-refractivity contribution in [2.75, 3.05) is 0 Å². The molecule has 118 valence electrons. The Balaban J connectivity index is 2.52. The third-order valence-electron chi connectivity index (χ3n) is 3.13. The monoisotopic (exact) mass is 325 g/mol. The normalized spacial score (nSPS) is 13.7. The van der Waals surface area contributed by atoms with Crippen molar-refractivity contribution < 1.29 is 24.1 Å². The summed E-state index contributed by atoms with van der Waals surface area (Å²) in [6.07, 6.45) is 0.285. The molecule has 2 N–H and O–H groups in total. The van der Waals surface area contributed by atoms with Crippen LogP contribution in [-0.4, -0.2) is 33.4 Å². The van der Waals surface area contributed by atoms with E-state index in [-0.39, 0.29) is 11.3 Å². The van der Waals surface area contributed by atoms with E-state index in [2.05, 4.69) is 4.98 Å². The lowest BCUT2D eigenvalue weighted by molar-refractivity contribution is 0.0599. The molecule has 2 unspecified atom stereocenters. The van der Waals surface area contributed by atoms with Gasteiger partial charge in [0.2, 0.25) is 0 Å². The fourth-order valence-electron chi connectivity index (χ4n) is 1.77. The number of hydrogen-bond donors (Lipinski definition) is 2. The number of aliphatic hydroxyl groups is 1. The van der Waals surface area contributed by atoms with Gasteiger partial charge in [0.05, 0.1) is 17.2 Å². The fourth-order valence-corrected chi connectivity index (χ4v) is 2.54. The zero-order valence-electron chi connectivity index (χ0n) is 12.3. The molecule has 0 amide bonds. The number of carboxylic acid groups (broad SMARTS) is 1. The van der Waals surface area contributed by atoms with Crippen LogP contribution in [0.15, 0.2) is 18.3 Å². The first kappa shape index (κ1) is 16.4. The number of aromatic carboxylic acids is 1. The number of ether oxygens (including phenoxy) is 1. The molecule has 0 spiro atoms. The lowest BCUT2D eigenvalue weighted by Crippen LogP contribution is -2.25. The van der Waals surface area contributed by atoms with Crippen molar-refractivity contribution in [3.05, 3.63) is 34.6 Å². The number of nitrogens with zero attached hydrogens (tertiary/aromatic N) is 1. The molecule has 0 aliphatic rings. The van der Waals surface area contributed by atoms with Crippen molar-refractivity contribution in [3.8, 4) is 16.3 Å². The minimum absolute atomic E-state index is 0.0748. The Bertz CT molecular complexity index is 699. The average Bonchev–Trinajstić information content (AvgIpc) is 2.86.